The molecule has 136 valence electrons. The van der Waals surface area contributed by atoms with Gasteiger partial charge in [-0.3, -0.25) is 0 Å². The zero-order valence-corrected chi connectivity index (χ0v) is 16.4. The molecule has 1 N–H and O–H groups in total. The minimum Gasteiger partial charge on any atom is -0.493 e. The van der Waals surface area contributed by atoms with Crippen LogP contribution in [0.5, 0.6) is 5.75 Å². The first-order valence-electron chi connectivity index (χ1n) is 9.18. The number of unbranched alkanes of at least 4 members (excludes halogenated alkanes) is 3. The van der Waals surface area contributed by atoms with Crippen LogP contribution >= 0.6 is 11.6 Å². The predicted octanol–water partition coefficient (Wildman–Crippen LogP) is 6.33. The van der Waals surface area contributed by atoms with Gasteiger partial charge in [0.15, 0.2) is 0 Å². The fraction of sp³-hybridized carbons (Fsp3) is 0.455. The van der Waals surface area contributed by atoms with Crippen molar-refractivity contribution < 1.29 is 4.74 Å². The van der Waals surface area contributed by atoms with Gasteiger partial charge in [-0.05, 0) is 63.9 Å². The van der Waals surface area contributed by atoms with Crippen molar-refractivity contribution in [2.24, 2.45) is 0 Å². The van der Waals surface area contributed by atoms with Gasteiger partial charge in [0.05, 0.1) is 6.61 Å². The molecule has 0 atom stereocenters. The van der Waals surface area contributed by atoms with Crippen LogP contribution in [0.25, 0.3) is 11.1 Å². The van der Waals surface area contributed by atoms with Crippen LogP contribution < -0.4 is 10.1 Å². The van der Waals surface area contributed by atoms with Crippen molar-refractivity contribution in [1.82, 2.24) is 5.32 Å². The van der Waals surface area contributed by atoms with Gasteiger partial charge in [0.2, 0.25) is 0 Å². The van der Waals surface area contributed by atoms with E-state index >= 15 is 0 Å². The first-order valence-corrected chi connectivity index (χ1v) is 9.56. The van der Waals surface area contributed by atoms with Crippen LogP contribution in [0.2, 0.25) is 5.02 Å². The van der Waals surface area contributed by atoms with Gasteiger partial charge in [-0.1, -0.05) is 54.8 Å². The van der Waals surface area contributed by atoms with Gasteiger partial charge in [0.1, 0.15) is 5.75 Å². The topological polar surface area (TPSA) is 21.3 Å². The monoisotopic (exact) mass is 359 g/mol. The fourth-order valence-corrected chi connectivity index (χ4v) is 2.87. The minimum absolute atomic E-state index is 0.214. The lowest BCUT2D eigenvalue weighted by Gasteiger charge is -2.20. The number of benzene rings is 2. The van der Waals surface area contributed by atoms with Gasteiger partial charge in [-0.15, -0.1) is 0 Å². The Balaban J connectivity index is 1.76. The van der Waals surface area contributed by atoms with E-state index in [1.165, 1.54) is 19.3 Å². The van der Waals surface area contributed by atoms with Gasteiger partial charge in [0, 0.05) is 16.1 Å². The van der Waals surface area contributed by atoms with E-state index in [0.717, 1.165) is 41.5 Å². The second kappa shape index (κ2) is 9.84. The second-order valence-electron chi connectivity index (χ2n) is 7.45. The Morgan fingerprint density at radius 1 is 0.920 bits per heavy atom. The quantitative estimate of drug-likeness (QED) is 0.528. The Labute approximate surface area is 157 Å². The normalized spacial score (nSPS) is 11.5. The molecular weight excluding hydrogens is 330 g/mol. The van der Waals surface area contributed by atoms with Crippen molar-refractivity contribution in [3.63, 3.8) is 0 Å². The summed E-state index contributed by atoms with van der Waals surface area (Å²) in [6.45, 7) is 8.44. The van der Waals surface area contributed by atoms with Crippen LogP contribution in [0.1, 0.15) is 46.5 Å². The zero-order valence-electron chi connectivity index (χ0n) is 15.6. The molecule has 3 heteroatoms. The van der Waals surface area contributed by atoms with E-state index in [4.69, 9.17) is 16.3 Å². The highest BCUT2D eigenvalue weighted by molar-refractivity contribution is 6.31. The molecule has 25 heavy (non-hydrogen) atoms. The maximum absolute atomic E-state index is 6.17. The van der Waals surface area contributed by atoms with Crippen LogP contribution in [-0.2, 0) is 0 Å². The van der Waals surface area contributed by atoms with E-state index < -0.39 is 0 Å². The first-order chi connectivity index (χ1) is 12.0. The summed E-state index contributed by atoms with van der Waals surface area (Å²) in [5, 5.41) is 4.26. The molecule has 0 aliphatic heterocycles. The lowest BCUT2D eigenvalue weighted by Crippen LogP contribution is -2.36. The average Bonchev–Trinajstić information content (AvgIpc) is 2.58. The van der Waals surface area contributed by atoms with Crippen LogP contribution in [-0.4, -0.2) is 18.7 Å². The van der Waals surface area contributed by atoms with E-state index in [0.29, 0.717) is 0 Å². The molecule has 0 aliphatic rings. The molecule has 2 aromatic carbocycles. The number of nitrogens with one attached hydrogen (secondary N) is 1. The number of ether oxygens (including phenoxy) is 1. The molecule has 0 saturated heterocycles. The summed E-state index contributed by atoms with van der Waals surface area (Å²) in [7, 11) is 0. The average molecular weight is 360 g/mol. The largest absolute Gasteiger partial charge is 0.493 e. The summed E-state index contributed by atoms with van der Waals surface area (Å²) in [6, 6.07) is 16.1. The smallest absolute Gasteiger partial charge is 0.127 e. The predicted molar refractivity (Wildman–Crippen MR) is 109 cm³/mol. The van der Waals surface area contributed by atoms with Crippen LogP contribution in [0.4, 0.5) is 0 Å². The Kier molecular flexibility index (Phi) is 7.80. The van der Waals surface area contributed by atoms with Crippen molar-refractivity contribution in [2.75, 3.05) is 13.2 Å². The maximum atomic E-state index is 6.17. The van der Waals surface area contributed by atoms with E-state index in [-0.39, 0.29) is 5.54 Å². The molecule has 0 radical (unpaired) electrons. The zero-order chi connectivity index (χ0) is 18.1. The Hall–Kier alpha value is -1.51. The lowest BCUT2D eigenvalue weighted by molar-refractivity contribution is 0.305. The highest BCUT2D eigenvalue weighted by Crippen LogP contribution is 2.32. The fourth-order valence-electron chi connectivity index (χ4n) is 2.70. The minimum atomic E-state index is 0.214. The van der Waals surface area contributed by atoms with Gasteiger partial charge < -0.3 is 10.1 Å². The molecule has 0 fully saturated rings. The molecule has 0 aliphatic carbocycles. The van der Waals surface area contributed by atoms with Gasteiger partial charge in [-0.2, -0.15) is 0 Å². The SMILES string of the molecule is CC(C)(C)NCCCCCCOc1ccc(Cl)cc1-c1ccccc1. The molecule has 0 amide bonds. The molecule has 2 nitrogen and oxygen atoms in total. The molecule has 2 aromatic rings. The Bertz CT molecular complexity index is 634. The van der Waals surface area contributed by atoms with Crippen LogP contribution in [0, 0.1) is 0 Å². The number of halogens is 1. The number of rotatable bonds is 9. The van der Waals surface area contributed by atoms with Crippen molar-refractivity contribution in [3.05, 3.63) is 53.6 Å². The third-order valence-electron chi connectivity index (χ3n) is 4.01. The third kappa shape index (κ3) is 7.50. The summed E-state index contributed by atoms with van der Waals surface area (Å²) in [6.07, 6.45) is 4.72. The van der Waals surface area contributed by atoms with Crippen molar-refractivity contribution in [3.8, 4) is 16.9 Å². The molecule has 2 rings (SSSR count). The first kappa shape index (κ1) is 19.8. The Morgan fingerprint density at radius 2 is 1.64 bits per heavy atom. The summed E-state index contributed by atoms with van der Waals surface area (Å²) < 4.78 is 6.03. The van der Waals surface area contributed by atoms with E-state index in [1.807, 2.05) is 36.4 Å². The van der Waals surface area contributed by atoms with Crippen molar-refractivity contribution in [2.45, 2.75) is 52.0 Å². The van der Waals surface area contributed by atoms with Crippen LogP contribution in [0.3, 0.4) is 0 Å². The highest BCUT2D eigenvalue weighted by atomic mass is 35.5. The molecule has 0 saturated carbocycles. The third-order valence-corrected chi connectivity index (χ3v) is 4.25. The molecule has 0 spiro atoms. The summed E-state index contributed by atoms with van der Waals surface area (Å²) in [5.74, 6) is 0.907. The van der Waals surface area contributed by atoms with Crippen molar-refractivity contribution in [1.29, 1.82) is 0 Å². The standard InChI is InChI=1S/C22H30ClNO/c1-22(2,3)24-15-9-4-5-10-16-25-21-14-13-19(23)17-20(21)18-11-7-6-8-12-18/h6-8,11-14,17,24H,4-5,9-10,15-16H2,1-3H3. The van der Waals surface area contributed by atoms with Gasteiger partial charge >= 0.3 is 0 Å². The summed E-state index contributed by atoms with van der Waals surface area (Å²) in [4.78, 5) is 0. The van der Waals surface area contributed by atoms with Gasteiger partial charge in [-0.25, -0.2) is 0 Å². The highest BCUT2D eigenvalue weighted by Gasteiger charge is 2.08. The summed E-state index contributed by atoms with van der Waals surface area (Å²) in [5.41, 5.74) is 2.40. The molecular formula is C22H30ClNO. The van der Waals surface area contributed by atoms with Crippen molar-refractivity contribution >= 4 is 11.6 Å². The number of hydrogen-bond acceptors (Lipinski definition) is 2. The summed E-state index contributed by atoms with van der Waals surface area (Å²) >= 11 is 6.17. The molecule has 0 aromatic heterocycles. The maximum Gasteiger partial charge on any atom is 0.127 e. The van der Waals surface area contributed by atoms with E-state index in [2.05, 4.69) is 38.2 Å². The Morgan fingerprint density at radius 3 is 2.36 bits per heavy atom. The van der Waals surface area contributed by atoms with E-state index in [9.17, 15) is 0 Å². The second-order valence-corrected chi connectivity index (χ2v) is 7.88. The molecule has 0 bridgehead atoms. The number of hydrogen-bond donors (Lipinski definition) is 1. The van der Waals surface area contributed by atoms with Gasteiger partial charge in [0.25, 0.3) is 0 Å². The van der Waals surface area contributed by atoms with E-state index in [1.54, 1.807) is 0 Å². The molecule has 0 heterocycles. The molecule has 0 unspecified atom stereocenters. The lowest BCUT2D eigenvalue weighted by atomic mass is 10.0. The van der Waals surface area contributed by atoms with Crippen LogP contribution in [0.15, 0.2) is 48.5 Å².